The van der Waals surface area contributed by atoms with Crippen LogP contribution in [-0.2, 0) is 0 Å². The zero-order chi connectivity index (χ0) is 13.3. The van der Waals surface area contributed by atoms with Crippen molar-refractivity contribution < 1.29 is 14.3 Å². The monoisotopic (exact) mass is 253 g/mol. The summed E-state index contributed by atoms with van der Waals surface area (Å²) >= 11 is 0. The van der Waals surface area contributed by atoms with Gasteiger partial charge in [0, 0.05) is 31.3 Å². The predicted molar refractivity (Wildman–Crippen MR) is 66.7 cm³/mol. The first-order valence-electron chi connectivity index (χ1n) is 5.77. The van der Waals surface area contributed by atoms with Crippen LogP contribution in [-0.4, -0.2) is 30.7 Å². The fraction of sp³-hybridized carbons (Fsp3) is 0.417. The van der Waals surface area contributed by atoms with Crippen molar-refractivity contribution in [2.45, 2.75) is 6.42 Å². The molecule has 1 amide bonds. The van der Waals surface area contributed by atoms with Crippen LogP contribution in [0.4, 0.5) is 15.8 Å². The molecule has 1 aliphatic rings. The number of hydrogen-bond donors (Lipinski definition) is 3. The summed E-state index contributed by atoms with van der Waals surface area (Å²) in [4.78, 5) is 13.0. The molecule has 1 saturated heterocycles. The number of anilines is 2. The molecule has 1 unspecified atom stereocenters. The number of halogens is 1. The molecule has 6 heteroatoms. The number of benzene rings is 1. The Morgan fingerprint density at radius 2 is 2.28 bits per heavy atom. The molecule has 0 aromatic heterocycles. The van der Waals surface area contributed by atoms with Crippen molar-refractivity contribution in [1.29, 1.82) is 0 Å². The predicted octanol–water partition coefficient (Wildman–Crippen LogP) is 0.325. The van der Waals surface area contributed by atoms with Gasteiger partial charge >= 0.3 is 0 Å². The number of amides is 1. The van der Waals surface area contributed by atoms with E-state index in [0.717, 1.165) is 12.5 Å². The van der Waals surface area contributed by atoms with E-state index in [9.17, 15) is 9.18 Å². The third-order valence-corrected chi connectivity index (χ3v) is 3.27. The largest absolute Gasteiger partial charge is 0.398 e. The van der Waals surface area contributed by atoms with E-state index in [2.05, 4.69) is 0 Å². The lowest BCUT2D eigenvalue weighted by atomic mass is 10.1. The summed E-state index contributed by atoms with van der Waals surface area (Å²) in [5.41, 5.74) is 11.2. The number of hydrogen-bond acceptors (Lipinski definition) is 4. The molecule has 98 valence electrons. The minimum Gasteiger partial charge on any atom is -0.398 e. The summed E-state index contributed by atoms with van der Waals surface area (Å²) in [6, 6.07) is 2.49. The molecule has 0 radical (unpaired) electrons. The van der Waals surface area contributed by atoms with Crippen molar-refractivity contribution in [3.63, 3.8) is 0 Å². The van der Waals surface area contributed by atoms with Crippen molar-refractivity contribution >= 4 is 17.3 Å². The molecule has 1 aromatic rings. The number of nitrogen functional groups attached to an aromatic ring is 1. The molecule has 18 heavy (non-hydrogen) atoms. The Bertz CT molecular complexity index is 479. The Balaban J connectivity index is 2.33. The van der Waals surface area contributed by atoms with E-state index < -0.39 is 11.7 Å². The fourth-order valence-corrected chi connectivity index (χ4v) is 2.23. The van der Waals surface area contributed by atoms with E-state index >= 15 is 0 Å². The highest BCUT2D eigenvalue weighted by molar-refractivity contribution is 5.99. The van der Waals surface area contributed by atoms with Gasteiger partial charge in [-0.2, -0.15) is 0 Å². The maximum atomic E-state index is 13.8. The number of aliphatic hydroxyl groups is 1. The van der Waals surface area contributed by atoms with Crippen LogP contribution >= 0.6 is 0 Å². The maximum Gasteiger partial charge on any atom is 0.250 e. The van der Waals surface area contributed by atoms with E-state index in [1.165, 1.54) is 6.07 Å². The number of carbonyl (C=O) groups is 1. The van der Waals surface area contributed by atoms with Gasteiger partial charge in [0.25, 0.3) is 5.91 Å². The summed E-state index contributed by atoms with van der Waals surface area (Å²) in [7, 11) is 0. The first-order valence-corrected chi connectivity index (χ1v) is 5.77. The molecule has 2 rings (SSSR count). The average Bonchev–Trinajstić information content (AvgIpc) is 2.77. The molecule has 1 atom stereocenters. The van der Waals surface area contributed by atoms with E-state index in [4.69, 9.17) is 16.6 Å². The standard InChI is InChI=1S/C12H16FN3O2/c13-9-4-10(14)8(12(15)18)3-11(9)16-2-1-7(5-16)6-17/h3-4,7,17H,1-2,5-6,14H2,(H2,15,18). The van der Waals surface area contributed by atoms with E-state index in [-0.39, 0.29) is 23.8 Å². The highest BCUT2D eigenvalue weighted by Crippen LogP contribution is 2.29. The normalized spacial score (nSPS) is 19.2. The fourth-order valence-electron chi connectivity index (χ4n) is 2.23. The summed E-state index contributed by atoms with van der Waals surface area (Å²) in [6.07, 6.45) is 0.798. The molecule has 1 heterocycles. The first kappa shape index (κ1) is 12.6. The molecular formula is C12H16FN3O2. The summed E-state index contributed by atoms with van der Waals surface area (Å²) in [5, 5.41) is 9.07. The Hall–Kier alpha value is -1.82. The molecule has 0 aliphatic carbocycles. The summed E-state index contributed by atoms with van der Waals surface area (Å²) in [6.45, 7) is 1.29. The highest BCUT2D eigenvalue weighted by Gasteiger charge is 2.25. The van der Waals surface area contributed by atoms with Crippen LogP contribution in [0.25, 0.3) is 0 Å². The number of carbonyl (C=O) groups excluding carboxylic acids is 1. The van der Waals surface area contributed by atoms with Gasteiger partial charge in [-0.3, -0.25) is 4.79 Å². The highest BCUT2D eigenvalue weighted by atomic mass is 19.1. The maximum absolute atomic E-state index is 13.8. The smallest absolute Gasteiger partial charge is 0.250 e. The van der Waals surface area contributed by atoms with Crippen molar-refractivity contribution in [2.24, 2.45) is 11.7 Å². The van der Waals surface area contributed by atoms with Gasteiger partial charge in [-0.05, 0) is 18.6 Å². The first-order chi connectivity index (χ1) is 8.52. The third-order valence-electron chi connectivity index (χ3n) is 3.27. The molecule has 5 N–H and O–H groups in total. The van der Waals surface area contributed by atoms with Crippen molar-refractivity contribution in [2.75, 3.05) is 30.3 Å². The van der Waals surface area contributed by atoms with Crippen LogP contribution in [0.1, 0.15) is 16.8 Å². The lowest BCUT2D eigenvalue weighted by Crippen LogP contribution is -2.23. The lowest BCUT2D eigenvalue weighted by molar-refractivity contribution is 0.100. The van der Waals surface area contributed by atoms with Gasteiger partial charge in [0.2, 0.25) is 0 Å². The number of nitrogens with two attached hydrogens (primary N) is 2. The molecule has 0 bridgehead atoms. The minimum absolute atomic E-state index is 0.0432. The topological polar surface area (TPSA) is 92.6 Å². The van der Waals surface area contributed by atoms with Gasteiger partial charge in [0.1, 0.15) is 5.82 Å². The zero-order valence-electron chi connectivity index (χ0n) is 9.90. The molecule has 0 spiro atoms. The van der Waals surface area contributed by atoms with Gasteiger partial charge < -0.3 is 21.5 Å². The Morgan fingerprint density at radius 3 is 2.83 bits per heavy atom. The van der Waals surface area contributed by atoms with Gasteiger partial charge in [0.15, 0.2) is 0 Å². The Kier molecular flexibility index (Phi) is 3.38. The molecule has 1 aromatic carbocycles. The van der Waals surface area contributed by atoms with Crippen LogP contribution in [0.2, 0.25) is 0 Å². The van der Waals surface area contributed by atoms with Crippen molar-refractivity contribution in [3.8, 4) is 0 Å². The second-order valence-electron chi connectivity index (χ2n) is 4.54. The molecule has 5 nitrogen and oxygen atoms in total. The lowest BCUT2D eigenvalue weighted by Gasteiger charge is -2.20. The number of nitrogens with zero attached hydrogens (tertiary/aromatic N) is 1. The van der Waals surface area contributed by atoms with Gasteiger partial charge in [-0.15, -0.1) is 0 Å². The number of primary amides is 1. The van der Waals surface area contributed by atoms with Crippen LogP contribution in [0, 0.1) is 11.7 Å². The summed E-state index contributed by atoms with van der Waals surface area (Å²) in [5.74, 6) is -1.01. The Morgan fingerprint density at radius 1 is 1.56 bits per heavy atom. The summed E-state index contributed by atoms with van der Waals surface area (Å²) < 4.78 is 13.8. The third kappa shape index (κ3) is 2.24. The van der Waals surface area contributed by atoms with E-state index in [1.54, 1.807) is 4.90 Å². The van der Waals surface area contributed by atoms with Crippen molar-refractivity contribution in [3.05, 3.63) is 23.5 Å². The van der Waals surface area contributed by atoms with Crippen LogP contribution < -0.4 is 16.4 Å². The molecular weight excluding hydrogens is 237 g/mol. The molecule has 1 aliphatic heterocycles. The van der Waals surface area contributed by atoms with Crippen molar-refractivity contribution in [1.82, 2.24) is 0 Å². The van der Waals surface area contributed by atoms with Crippen LogP contribution in [0.5, 0.6) is 0 Å². The van der Waals surface area contributed by atoms with Crippen LogP contribution in [0.15, 0.2) is 12.1 Å². The molecule has 0 saturated carbocycles. The SMILES string of the molecule is NC(=O)c1cc(N2CCC(CO)C2)c(F)cc1N. The van der Waals surface area contributed by atoms with E-state index in [0.29, 0.717) is 18.8 Å². The number of rotatable bonds is 3. The number of aliphatic hydroxyl groups excluding tert-OH is 1. The van der Waals surface area contributed by atoms with Gasteiger partial charge in [0.05, 0.1) is 11.3 Å². The van der Waals surface area contributed by atoms with E-state index in [1.807, 2.05) is 0 Å². The Labute approximate surface area is 104 Å². The van der Waals surface area contributed by atoms with Gasteiger partial charge in [-0.25, -0.2) is 4.39 Å². The minimum atomic E-state index is -0.674. The average molecular weight is 253 g/mol. The second kappa shape index (κ2) is 4.81. The van der Waals surface area contributed by atoms with Gasteiger partial charge in [-0.1, -0.05) is 0 Å². The zero-order valence-corrected chi connectivity index (χ0v) is 9.90. The molecule has 1 fully saturated rings. The quantitative estimate of drug-likeness (QED) is 0.677. The second-order valence-corrected chi connectivity index (χ2v) is 4.54. The van der Waals surface area contributed by atoms with Crippen LogP contribution in [0.3, 0.4) is 0 Å².